The van der Waals surface area contributed by atoms with Crippen molar-refractivity contribution >= 4 is 13.8 Å². The molecule has 2 aliphatic heterocycles. The van der Waals surface area contributed by atoms with E-state index in [9.17, 15) is 5.11 Å². The van der Waals surface area contributed by atoms with Crippen LogP contribution in [0.3, 0.4) is 0 Å². The molecule has 4 atom stereocenters. The Morgan fingerprint density at radius 3 is 1.89 bits per heavy atom. The standard InChI is InChI=1S/C37H43N3O4Si/c1-45(2,3)37-33-21-38-39-40(33)32-19-30(24-42-22-27-13-7-4-8-14-27)20-34(44-25-29-17-11-6-12-18-29)35(32)31(36(37)41)26-43-23-28-15-9-5-10-16-28/h4-20,31,33,36-37,41H,21-26H2,1-3H3/t31-,33-,36+,37-/m0/s1. The molecule has 0 radical (unpaired) electrons. The summed E-state index contributed by atoms with van der Waals surface area (Å²) in [7, 11) is -1.91. The van der Waals surface area contributed by atoms with Crippen LogP contribution < -0.4 is 9.75 Å². The third-order valence-corrected chi connectivity index (χ3v) is 11.5. The van der Waals surface area contributed by atoms with E-state index < -0.39 is 14.2 Å². The smallest absolute Gasteiger partial charge is 0.125 e. The molecule has 0 bridgehead atoms. The maximum atomic E-state index is 12.3. The lowest BCUT2D eigenvalue weighted by Gasteiger charge is -2.39. The maximum Gasteiger partial charge on any atom is 0.125 e. The SMILES string of the molecule is C[Si](C)(C)[C@@H]1[C@H](O)[C@@H](COCc2ccccc2)c2c(OCc3ccccc3)cc(COCc3ccccc3)cc2N2N=NC[C@@H]12. The molecule has 1 N–H and O–H groups in total. The monoisotopic (exact) mass is 621 g/mol. The van der Waals surface area contributed by atoms with Crippen molar-refractivity contribution in [1.29, 1.82) is 0 Å². The molecule has 4 aromatic rings. The van der Waals surface area contributed by atoms with Gasteiger partial charge >= 0.3 is 0 Å². The number of hydrogen-bond acceptors (Lipinski definition) is 7. The Labute approximate surface area is 267 Å². The van der Waals surface area contributed by atoms with E-state index in [0.717, 1.165) is 39.3 Å². The summed E-state index contributed by atoms with van der Waals surface area (Å²) >= 11 is 0. The van der Waals surface area contributed by atoms with Crippen LogP contribution >= 0.6 is 0 Å². The van der Waals surface area contributed by atoms with Gasteiger partial charge in [0.1, 0.15) is 12.4 Å². The first-order valence-corrected chi connectivity index (χ1v) is 19.4. The quantitative estimate of drug-likeness (QED) is 0.163. The van der Waals surface area contributed by atoms with Crippen LogP contribution in [0.2, 0.25) is 25.2 Å². The van der Waals surface area contributed by atoms with Gasteiger partial charge in [0, 0.05) is 17.0 Å². The Kier molecular flexibility index (Phi) is 9.75. The van der Waals surface area contributed by atoms with Crippen LogP contribution in [0.1, 0.15) is 33.7 Å². The molecule has 45 heavy (non-hydrogen) atoms. The predicted molar refractivity (Wildman–Crippen MR) is 180 cm³/mol. The van der Waals surface area contributed by atoms with Crippen LogP contribution in [0, 0.1) is 0 Å². The number of benzene rings is 4. The molecular weight excluding hydrogens is 579 g/mol. The van der Waals surface area contributed by atoms with E-state index in [4.69, 9.17) is 14.2 Å². The van der Waals surface area contributed by atoms with Crippen molar-refractivity contribution in [1.82, 2.24) is 0 Å². The van der Waals surface area contributed by atoms with E-state index >= 15 is 0 Å². The van der Waals surface area contributed by atoms with Crippen molar-refractivity contribution in [3.8, 4) is 5.75 Å². The number of hydrogen-bond donors (Lipinski definition) is 1. The zero-order chi connectivity index (χ0) is 31.2. The lowest BCUT2D eigenvalue weighted by molar-refractivity contribution is 0.0467. The Hall–Kier alpha value is -3.82. The highest BCUT2D eigenvalue weighted by molar-refractivity contribution is 6.78. The minimum absolute atomic E-state index is 0.0185. The molecule has 7 nitrogen and oxygen atoms in total. The highest BCUT2D eigenvalue weighted by Crippen LogP contribution is 2.51. The number of anilines is 1. The second kappa shape index (κ2) is 14.1. The molecule has 0 aliphatic carbocycles. The van der Waals surface area contributed by atoms with Crippen molar-refractivity contribution < 1.29 is 19.3 Å². The molecule has 6 rings (SSSR count). The Bertz CT molecular complexity index is 1560. The average molecular weight is 622 g/mol. The molecule has 0 fully saturated rings. The van der Waals surface area contributed by atoms with E-state index in [1.54, 1.807) is 0 Å². The third-order valence-electron chi connectivity index (χ3n) is 8.76. The molecule has 8 heteroatoms. The maximum absolute atomic E-state index is 12.3. The van der Waals surface area contributed by atoms with Crippen LogP contribution in [-0.4, -0.2) is 38.5 Å². The van der Waals surface area contributed by atoms with Gasteiger partial charge in [-0.25, -0.2) is 5.01 Å². The van der Waals surface area contributed by atoms with E-state index in [0.29, 0.717) is 39.6 Å². The van der Waals surface area contributed by atoms with E-state index in [1.165, 1.54) is 0 Å². The summed E-state index contributed by atoms with van der Waals surface area (Å²) in [6, 6.07) is 34.7. The van der Waals surface area contributed by atoms with Crippen LogP contribution in [-0.2, 0) is 35.9 Å². The van der Waals surface area contributed by atoms with Gasteiger partial charge in [0.05, 0.1) is 58.9 Å². The van der Waals surface area contributed by atoms with Gasteiger partial charge in [0.15, 0.2) is 0 Å². The summed E-state index contributed by atoms with van der Waals surface area (Å²) < 4.78 is 19.2. The fourth-order valence-corrected chi connectivity index (χ4v) is 9.31. The lowest BCUT2D eigenvalue weighted by atomic mass is 9.89. The second-order valence-electron chi connectivity index (χ2n) is 13.1. The Morgan fingerprint density at radius 1 is 0.733 bits per heavy atom. The number of aliphatic hydroxyl groups excluding tert-OH is 1. The number of nitrogens with zero attached hydrogens (tertiary/aromatic N) is 3. The Morgan fingerprint density at radius 2 is 1.29 bits per heavy atom. The third kappa shape index (κ3) is 7.36. The normalized spacial score (nSPS) is 20.8. The number of aliphatic hydroxyl groups is 1. The van der Waals surface area contributed by atoms with Crippen LogP contribution in [0.25, 0.3) is 0 Å². The predicted octanol–water partition coefficient (Wildman–Crippen LogP) is 7.92. The summed E-state index contributed by atoms with van der Waals surface area (Å²) in [5.74, 6) is 0.408. The summed E-state index contributed by atoms with van der Waals surface area (Å²) in [5, 5.41) is 23.6. The van der Waals surface area contributed by atoms with Gasteiger partial charge < -0.3 is 19.3 Å². The summed E-state index contributed by atoms with van der Waals surface area (Å²) in [4.78, 5) is 0. The molecule has 0 spiro atoms. The minimum atomic E-state index is -1.91. The first-order valence-electron chi connectivity index (χ1n) is 15.8. The fourth-order valence-electron chi connectivity index (χ4n) is 6.65. The van der Waals surface area contributed by atoms with E-state index in [-0.39, 0.29) is 17.5 Å². The Balaban J connectivity index is 1.39. The van der Waals surface area contributed by atoms with Crippen molar-refractivity contribution in [3.05, 3.63) is 131 Å². The average Bonchev–Trinajstić information content (AvgIpc) is 3.48. The molecule has 234 valence electrons. The topological polar surface area (TPSA) is 75.9 Å². The summed E-state index contributed by atoms with van der Waals surface area (Å²) in [5.41, 5.74) is 6.13. The zero-order valence-corrected chi connectivity index (χ0v) is 27.4. The summed E-state index contributed by atoms with van der Waals surface area (Å²) in [6.45, 7) is 9.67. The van der Waals surface area contributed by atoms with E-state index in [2.05, 4.69) is 83.5 Å². The molecule has 2 aliphatic rings. The minimum Gasteiger partial charge on any atom is -0.489 e. The van der Waals surface area contributed by atoms with Gasteiger partial charge in [0.25, 0.3) is 0 Å². The van der Waals surface area contributed by atoms with Crippen molar-refractivity contribution in [2.75, 3.05) is 18.2 Å². The van der Waals surface area contributed by atoms with Crippen LogP contribution in [0.15, 0.2) is 113 Å². The molecule has 0 aromatic heterocycles. The van der Waals surface area contributed by atoms with Crippen molar-refractivity contribution in [2.45, 2.75) is 69.7 Å². The lowest BCUT2D eigenvalue weighted by Crippen LogP contribution is -2.49. The van der Waals surface area contributed by atoms with Gasteiger partial charge in [0.2, 0.25) is 0 Å². The van der Waals surface area contributed by atoms with Crippen LogP contribution in [0.4, 0.5) is 5.69 Å². The van der Waals surface area contributed by atoms with Crippen molar-refractivity contribution in [3.63, 3.8) is 0 Å². The first-order chi connectivity index (χ1) is 21.9. The molecule has 0 unspecified atom stereocenters. The molecule has 2 heterocycles. The van der Waals surface area contributed by atoms with Gasteiger partial charge in [-0.2, -0.15) is 5.11 Å². The molecule has 4 aromatic carbocycles. The second-order valence-corrected chi connectivity index (χ2v) is 18.5. The van der Waals surface area contributed by atoms with Gasteiger partial charge in [-0.1, -0.05) is 116 Å². The number of fused-ring (bicyclic) bond motifs is 3. The molecule has 0 saturated heterocycles. The van der Waals surface area contributed by atoms with Gasteiger partial charge in [-0.3, -0.25) is 0 Å². The van der Waals surface area contributed by atoms with Gasteiger partial charge in [-0.15, -0.1) is 0 Å². The number of rotatable bonds is 12. The highest BCUT2D eigenvalue weighted by atomic mass is 28.3. The first kappa shape index (κ1) is 31.2. The fraction of sp³-hybridized carbons (Fsp3) is 0.351. The van der Waals surface area contributed by atoms with E-state index in [1.807, 2.05) is 54.6 Å². The summed E-state index contributed by atoms with van der Waals surface area (Å²) in [6.07, 6.45) is -0.649. The largest absolute Gasteiger partial charge is 0.489 e. The molecule has 0 amide bonds. The molecular formula is C37H43N3O4Si. The van der Waals surface area contributed by atoms with Crippen LogP contribution in [0.5, 0.6) is 5.75 Å². The molecule has 0 saturated carbocycles. The van der Waals surface area contributed by atoms with Gasteiger partial charge in [-0.05, 0) is 34.4 Å². The highest BCUT2D eigenvalue weighted by Gasteiger charge is 2.50. The number of ether oxygens (including phenoxy) is 3. The van der Waals surface area contributed by atoms with Crippen molar-refractivity contribution in [2.24, 2.45) is 10.3 Å². The zero-order valence-electron chi connectivity index (χ0n) is 26.4.